The lowest BCUT2D eigenvalue weighted by atomic mass is 9.91. The molecule has 9 nitrogen and oxygen atoms in total. The van der Waals surface area contributed by atoms with Crippen LogP contribution in [0.4, 0.5) is 0 Å². The first kappa shape index (κ1) is 51.4. The van der Waals surface area contributed by atoms with E-state index in [1.807, 2.05) is 166 Å². The fourth-order valence-corrected chi connectivity index (χ4v) is 7.09. The lowest BCUT2D eigenvalue weighted by Crippen LogP contribution is -2.34. The van der Waals surface area contributed by atoms with E-state index in [2.05, 4.69) is 0 Å². The molecule has 6 atom stereocenters. The highest BCUT2D eigenvalue weighted by atomic mass is 16.1. The van der Waals surface area contributed by atoms with E-state index in [9.17, 15) is 28.8 Å². The Kier molecular flexibility index (Phi) is 23.9. The largest absolute Gasteiger partial charge is 0.322 e. The number of benzene rings is 5. The van der Waals surface area contributed by atoms with E-state index < -0.39 is 18.1 Å². The van der Waals surface area contributed by atoms with E-state index >= 15 is 0 Å². The minimum atomic E-state index is -0.555. The van der Waals surface area contributed by atoms with Crippen molar-refractivity contribution in [1.29, 1.82) is 0 Å². The summed E-state index contributed by atoms with van der Waals surface area (Å²) in [4.78, 5) is 70.0. The van der Waals surface area contributed by atoms with Gasteiger partial charge in [-0.3, -0.25) is 14.4 Å². The van der Waals surface area contributed by atoms with Crippen molar-refractivity contribution in [2.24, 2.45) is 40.9 Å². The van der Waals surface area contributed by atoms with E-state index in [4.69, 9.17) is 17.2 Å². The third kappa shape index (κ3) is 21.1. The van der Waals surface area contributed by atoms with Crippen LogP contribution < -0.4 is 17.2 Å². The minimum Gasteiger partial charge on any atom is -0.322 e. The number of rotatable bonds is 24. The standard InChI is InChI=1S/2C19H21NO2.C16H23NO2/c2*20-18(12-16-9-5-2-6-10-16)19(22)13-17(14-21)11-15-7-3-1-4-8-15;1-12(2)8-15(17)16(19)10-14(11-18)9-13-6-4-3-5-7-13/h2*1-10,14,17-18H,11-13,20H2;3-7,11-12,14-15H,8-10,17H2,1-2H3. The number of nitrogens with two attached hydrogens (primary N) is 3. The molecule has 0 aliphatic rings. The van der Waals surface area contributed by atoms with Gasteiger partial charge in [-0.15, -0.1) is 0 Å². The van der Waals surface area contributed by atoms with Gasteiger partial charge >= 0.3 is 0 Å². The Bertz CT molecular complexity index is 1950. The average Bonchev–Trinajstić information content (AvgIpc) is 3.30. The van der Waals surface area contributed by atoms with Crippen LogP contribution in [0.2, 0.25) is 0 Å². The second-order valence-corrected chi connectivity index (χ2v) is 16.6. The lowest BCUT2D eigenvalue weighted by Gasteiger charge is -2.15. The molecular formula is C54H65N3O6. The van der Waals surface area contributed by atoms with Crippen LogP contribution in [0.3, 0.4) is 0 Å². The van der Waals surface area contributed by atoms with Gasteiger partial charge in [-0.2, -0.15) is 0 Å². The van der Waals surface area contributed by atoms with Gasteiger partial charge in [-0.1, -0.05) is 166 Å². The fraction of sp³-hybridized carbons (Fsp3) is 0.333. The first-order valence-electron chi connectivity index (χ1n) is 21.8. The monoisotopic (exact) mass is 851 g/mol. The van der Waals surface area contributed by atoms with Gasteiger partial charge in [0.15, 0.2) is 11.6 Å². The van der Waals surface area contributed by atoms with Crippen molar-refractivity contribution in [2.45, 2.75) is 89.8 Å². The maximum absolute atomic E-state index is 12.2. The van der Waals surface area contributed by atoms with Gasteiger partial charge < -0.3 is 31.6 Å². The summed E-state index contributed by atoms with van der Waals surface area (Å²) in [5, 5.41) is 0. The molecule has 0 aromatic heterocycles. The second kappa shape index (κ2) is 29.3. The summed E-state index contributed by atoms with van der Waals surface area (Å²) in [5.74, 6) is -0.625. The van der Waals surface area contributed by atoms with E-state index in [-0.39, 0.29) is 54.4 Å². The average molecular weight is 852 g/mol. The topological polar surface area (TPSA) is 180 Å². The van der Waals surface area contributed by atoms with Crippen LogP contribution in [0.1, 0.15) is 67.3 Å². The zero-order valence-corrected chi connectivity index (χ0v) is 36.8. The third-order valence-electron chi connectivity index (χ3n) is 10.6. The van der Waals surface area contributed by atoms with Gasteiger partial charge in [0.05, 0.1) is 18.1 Å². The molecule has 0 radical (unpaired) electrons. The molecule has 6 unspecified atom stereocenters. The normalized spacial score (nSPS) is 13.6. The third-order valence-corrected chi connectivity index (χ3v) is 10.6. The first-order valence-corrected chi connectivity index (χ1v) is 21.8. The molecule has 0 aliphatic heterocycles. The number of carbonyl (C=O) groups is 6. The highest BCUT2D eigenvalue weighted by Gasteiger charge is 2.22. The Morgan fingerprint density at radius 2 is 0.603 bits per heavy atom. The van der Waals surface area contributed by atoms with Crippen molar-refractivity contribution in [3.05, 3.63) is 179 Å². The quantitative estimate of drug-likeness (QED) is 0.0529. The Hall–Kier alpha value is -6.00. The van der Waals surface area contributed by atoms with Gasteiger partial charge in [-0.05, 0) is 72.3 Å². The number of hydrogen-bond acceptors (Lipinski definition) is 9. The molecule has 0 saturated carbocycles. The van der Waals surface area contributed by atoms with Crippen LogP contribution in [-0.2, 0) is 60.9 Å². The Morgan fingerprint density at radius 1 is 0.381 bits per heavy atom. The van der Waals surface area contributed by atoms with Gasteiger partial charge in [0.25, 0.3) is 0 Å². The Balaban J connectivity index is 0.000000252. The predicted molar refractivity (Wildman–Crippen MR) is 252 cm³/mol. The summed E-state index contributed by atoms with van der Waals surface area (Å²) < 4.78 is 0. The molecule has 0 heterocycles. The van der Waals surface area contributed by atoms with Crippen molar-refractivity contribution in [2.75, 3.05) is 0 Å². The van der Waals surface area contributed by atoms with Gasteiger partial charge in [-0.25, -0.2) is 0 Å². The highest BCUT2D eigenvalue weighted by molar-refractivity contribution is 5.87. The molecular weight excluding hydrogens is 787 g/mol. The number of hydrogen-bond donors (Lipinski definition) is 3. The summed E-state index contributed by atoms with van der Waals surface area (Å²) >= 11 is 0. The van der Waals surface area contributed by atoms with E-state index in [0.29, 0.717) is 44.4 Å². The van der Waals surface area contributed by atoms with E-state index in [1.165, 1.54) is 0 Å². The van der Waals surface area contributed by atoms with Crippen LogP contribution in [0.15, 0.2) is 152 Å². The molecule has 0 fully saturated rings. The van der Waals surface area contributed by atoms with Crippen LogP contribution in [-0.4, -0.2) is 54.3 Å². The van der Waals surface area contributed by atoms with Crippen molar-refractivity contribution in [1.82, 2.24) is 0 Å². The second-order valence-electron chi connectivity index (χ2n) is 16.6. The van der Waals surface area contributed by atoms with Crippen molar-refractivity contribution < 1.29 is 28.8 Å². The molecule has 0 bridgehead atoms. The van der Waals surface area contributed by atoms with Crippen molar-refractivity contribution >= 4 is 36.2 Å². The van der Waals surface area contributed by atoms with Gasteiger partial charge in [0, 0.05) is 37.0 Å². The minimum absolute atomic E-state index is 0.0123. The Labute approximate surface area is 373 Å². The van der Waals surface area contributed by atoms with E-state index in [0.717, 1.165) is 46.7 Å². The number of aldehydes is 3. The molecule has 5 rings (SSSR count). The number of Topliss-reactive ketones (excluding diaryl/α,β-unsaturated/α-hetero) is 3. The van der Waals surface area contributed by atoms with Gasteiger partial charge in [0.2, 0.25) is 0 Å². The summed E-state index contributed by atoms with van der Waals surface area (Å²) in [5.41, 5.74) is 23.1. The summed E-state index contributed by atoms with van der Waals surface area (Å²) in [6.45, 7) is 4.07. The molecule has 0 aliphatic carbocycles. The smallest absolute Gasteiger partial charge is 0.150 e. The Morgan fingerprint density at radius 3 is 0.825 bits per heavy atom. The molecule has 332 valence electrons. The molecule has 6 N–H and O–H groups in total. The molecule has 5 aromatic rings. The lowest BCUT2D eigenvalue weighted by molar-refractivity contribution is -0.124. The molecule has 0 spiro atoms. The SMILES string of the molecule is CC(C)CC(N)C(=O)CC(C=O)Cc1ccccc1.NC(Cc1ccccc1)C(=O)CC(C=O)Cc1ccccc1.NC(Cc1ccccc1)C(=O)CC(C=O)Cc1ccccc1. The maximum atomic E-state index is 12.2. The summed E-state index contributed by atoms with van der Waals surface area (Å²) in [7, 11) is 0. The zero-order valence-electron chi connectivity index (χ0n) is 36.8. The fourth-order valence-electron chi connectivity index (χ4n) is 7.09. The van der Waals surface area contributed by atoms with E-state index in [1.54, 1.807) is 0 Å². The van der Waals surface area contributed by atoms with Crippen LogP contribution >= 0.6 is 0 Å². The number of carbonyl (C=O) groups excluding carboxylic acids is 6. The van der Waals surface area contributed by atoms with Crippen LogP contribution in [0.5, 0.6) is 0 Å². The van der Waals surface area contributed by atoms with Crippen molar-refractivity contribution in [3.63, 3.8) is 0 Å². The molecule has 0 amide bonds. The zero-order chi connectivity index (χ0) is 45.8. The summed E-state index contributed by atoms with van der Waals surface area (Å²) in [6, 6.07) is 47.0. The number of ketones is 3. The maximum Gasteiger partial charge on any atom is 0.150 e. The van der Waals surface area contributed by atoms with Crippen LogP contribution in [0, 0.1) is 23.7 Å². The molecule has 9 heteroatoms. The summed E-state index contributed by atoms with van der Waals surface area (Å²) in [6.07, 6.45) is 6.69. The highest BCUT2D eigenvalue weighted by Crippen LogP contribution is 2.16. The van der Waals surface area contributed by atoms with Gasteiger partial charge in [0.1, 0.15) is 24.6 Å². The molecule has 5 aromatic carbocycles. The van der Waals surface area contributed by atoms with Crippen molar-refractivity contribution in [3.8, 4) is 0 Å². The molecule has 63 heavy (non-hydrogen) atoms. The molecule has 0 saturated heterocycles. The van der Waals surface area contributed by atoms with Crippen LogP contribution in [0.25, 0.3) is 0 Å². The predicted octanol–water partition coefficient (Wildman–Crippen LogP) is 7.52. The first-order chi connectivity index (χ1) is 30.4.